The molecule has 0 aromatic heterocycles. The van der Waals surface area contributed by atoms with Crippen LogP contribution in [-0.4, -0.2) is 83.8 Å². The summed E-state index contributed by atoms with van der Waals surface area (Å²) in [5.74, 6) is -0.842. The number of rotatable bonds is 4. The lowest BCUT2D eigenvalue weighted by molar-refractivity contribution is -0.143. The lowest BCUT2D eigenvalue weighted by Crippen LogP contribution is -2.59. The summed E-state index contributed by atoms with van der Waals surface area (Å²) in [4.78, 5) is 31.5. The molecule has 0 saturated carbocycles. The van der Waals surface area contributed by atoms with Crippen molar-refractivity contribution in [1.29, 1.82) is 0 Å². The number of amides is 3. The molecule has 3 amide bonds. The van der Waals surface area contributed by atoms with Gasteiger partial charge in [-0.3, -0.25) is 9.80 Å². The first-order valence-corrected chi connectivity index (χ1v) is 15.0. The third-order valence-electron chi connectivity index (χ3n) is 9.29. The van der Waals surface area contributed by atoms with Crippen LogP contribution in [0, 0.1) is 11.2 Å². The van der Waals surface area contributed by atoms with Crippen LogP contribution >= 0.6 is 0 Å². The van der Waals surface area contributed by atoms with E-state index in [1.165, 1.54) is 29.0 Å². The number of carboxylic acid groups (broad SMARTS) is 1. The fourth-order valence-corrected chi connectivity index (χ4v) is 6.75. The monoisotopic (exact) mass is 660 g/mol. The number of anilines is 1. The lowest BCUT2D eigenvalue weighted by atomic mass is 9.77. The van der Waals surface area contributed by atoms with Crippen LogP contribution in [0.5, 0.6) is 0 Å². The SMILES string of the molecule is CN(C(=O)N(C)[C@@H]1CCN(C2CCN(C(=O)O)C(C(C)(C)C)C2)C[C@H]1c1ccc(F)cc1)c1cc(C(F)(F)F)cc(C(F)(F)F)c1. The van der Waals surface area contributed by atoms with E-state index in [0.29, 0.717) is 56.6 Å². The van der Waals surface area contributed by atoms with E-state index >= 15 is 0 Å². The summed E-state index contributed by atoms with van der Waals surface area (Å²) in [6.07, 6.45) is -9.53. The van der Waals surface area contributed by atoms with E-state index in [1.807, 2.05) is 20.8 Å². The Labute approximate surface area is 263 Å². The van der Waals surface area contributed by atoms with Crippen LogP contribution in [0.2, 0.25) is 0 Å². The van der Waals surface area contributed by atoms with Crippen molar-refractivity contribution in [2.75, 3.05) is 38.6 Å². The molecule has 7 nitrogen and oxygen atoms in total. The Kier molecular flexibility index (Phi) is 9.92. The predicted molar refractivity (Wildman–Crippen MR) is 158 cm³/mol. The number of alkyl halides is 6. The maximum Gasteiger partial charge on any atom is 0.416 e. The van der Waals surface area contributed by atoms with Crippen molar-refractivity contribution in [3.8, 4) is 0 Å². The van der Waals surface area contributed by atoms with Gasteiger partial charge in [0.05, 0.1) is 11.1 Å². The number of nitrogens with zero attached hydrogens (tertiary/aromatic N) is 4. The molecule has 4 rings (SSSR count). The Balaban J connectivity index is 1.62. The number of urea groups is 1. The Hall–Kier alpha value is -3.55. The van der Waals surface area contributed by atoms with Gasteiger partial charge in [-0.25, -0.2) is 14.0 Å². The summed E-state index contributed by atoms with van der Waals surface area (Å²) in [5, 5.41) is 9.80. The number of carbonyl (C=O) groups excluding carboxylic acids is 1. The summed E-state index contributed by atoms with van der Waals surface area (Å²) in [6.45, 7) is 7.26. The smallest absolute Gasteiger partial charge is 0.416 e. The minimum atomic E-state index is -5.07. The molecular weight excluding hydrogens is 621 g/mol. The van der Waals surface area contributed by atoms with E-state index in [0.717, 1.165) is 11.9 Å². The largest absolute Gasteiger partial charge is 0.465 e. The quantitative estimate of drug-likeness (QED) is 0.341. The number of halogens is 7. The van der Waals surface area contributed by atoms with E-state index in [9.17, 15) is 45.4 Å². The van der Waals surface area contributed by atoms with Gasteiger partial charge < -0.3 is 14.9 Å². The summed E-state index contributed by atoms with van der Waals surface area (Å²) in [6, 6.07) is 5.28. The molecule has 2 unspecified atom stereocenters. The highest BCUT2D eigenvalue weighted by Crippen LogP contribution is 2.40. The second kappa shape index (κ2) is 12.9. The van der Waals surface area contributed by atoms with Crippen molar-refractivity contribution in [3.63, 3.8) is 0 Å². The molecule has 1 N–H and O–H groups in total. The van der Waals surface area contributed by atoms with E-state index < -0.39 is 53.2 Å². The predicted octanol–water partition coefficient (Wildman–Crippen LogP) is 7.77. The number of carbonyl (C=O) groups is 2. The number of likely N-dealkylation sites (N-methyl/N-ethyl adjacent to an activating group) is 1. The van der Waals surface area contributed by atoms with Crippen LogP contribution in [-0.2, 0) is 12.4 Å². The van der Waals surface area contributed by atoms with Gasteiger partial charge in [-0.05, 0) is 60.6 Å². The number of benzene rings is 2. The maximum atomic E-state index is 13.9. The van der Waals surface area contributed by atoms with Crippen molar-refractivity contribution in [2.24, 2.45) is 5.41 Å². The van der Waals surface area contributed by atoms with Gasteiger partial charge in [-0.15, -0.1) is 0 Å². The Morgan fingerprint density at radius 3 is 1.93 bits per heavy atom. The molecule has 4 atom stereocenters. The molecule has 2 aromatic rings. The molecule has 0 spiro atoms. The van der Waals surface area contributed by atoms with Gasteiger partial charge in [-0.1, -0.05) is 32.9 Å². The van der Waals surface area contributed by atoms with Crippen molar-refractivity contribution in [3.05, 3.63) is 65.0 Å². The highest BCUT2D eigenvalue weighted by Gasteiger charge is 2.44. The highest BCUT2D eigenvalue weighted by atomic mass is 19.4. The maximum absolute atomic E-state index is 13.9. The normalized spacial score (nSPS) is 23.3. The summed E-state index contributed by atoms with van der Waals surface area (Å²) >= 11 is 0. The van der Waals surface area contributed by atoms with Gasteiger partial charge in [0.25, 0.3) is 0 Å². The fourth-order valence-electron chi connectivity index (χ4n) is 6.75. The molecule has 0 aliphatic carbocycles. The van der Waals surface area contributed by atoms with Crippen LogP contribution in [0.15, 0.2) is 42.5 Å². The first kappa shape index (κ1) is 35.3. The van der Waals surface area contributed by atoms with Crippen molar-refractivity contribution in [1.82, 2.24) is 14.7 Å². The van der Waals surface area contributed by atoms with E-state index in [4.69, 9.17) is 0 Å². The van der Waals surface area contributed by atoms with Crippen molar-refractivity contribution >= 4 is 17.8 Å². The van der Waals surface area contributed by atoms with Gasteiger partial charge in [0, 0.05) is 63.5 Å². The van der Waals surface area contributed by atoms with Crippen LogP contribution in [0.1, 0.15) is 62.6 Å². The molecule has 0 bridgehead atoms. The summed E-state index contributed by atoms with van der Waals surface area (Å²) < 4.78 is 95.0. The zero-order valence-electron chi connectivity index (χ0n) is 26.3. The fraction of sp³-hybridized carbons (Fsp3) is 0.562. The third-order valence-corrected chi connectivity index (χ3v) is 9.29. The number of piperidine rings is 2. The van der Waals surface area contributed by atoms with Crippen molar-refractivity contribution in [2.45, 2.75) is 76.4 Å². The first-order valence-electron chi connectivity index (χ1n) is 15.0. The number of hydrogen-bond donors (Lipinski definition) is 1. The Morgan fingerprint density at radius 2 is 1.43 bits per heavy atom. The van der Waals surface area contributed by atoms with Crippen LogP contribution in [0.3, 0.4) is 0 Å². The minimum absolute atomic E-state index is 0.0109. The molecule has 2 aliphatic heterocycles. The summed E-state index contributed by atoms with van der Waals surface area (Å²) in [7, 11) is 2.58. The summed E-state index contributed by atoms with van der Waals surface area (Å²) in [5.41, 5.74) is -3.22. The molecule has 254 valence electrons. The van der Waals surface area contributed by atoms with Crippen molar-refractivity contribution < 1.29 is 45.4 Å². The molecule has 2 aromatic carbocycles. The average Bonchev–Trinajstić information content (AvgIpc) is 2.98. The Bertz CT molecular complexity index is 1380. The molecule has 0 radical (unpaired) electrons. The van der Waals surface area contributed by atoms with Gasteiger partial charge in [0.15, 0.2) is 0 Å². The molecular formula is C32H39F7N4O3. The molecule has 14 heteroatoms. The van der Waals surface area contributed by atoms with Crippen LogP contribution in [0.25, 0.3) is 0 Å². The standard InChI is InChI=1S/C32H39F7N4O3/c1-30(2,3)27-17-23(10-13-43(27)29(45)46)42-12-11-26(25(18-42)19-6-8-22(33)9-7-19)41(5)28(44)40(4)24-15-20(31(34,35)36)14-21(16-24)32(37,38)39/h6-9,14-16,23,25-27H,10-13,17-18H2,1-5H3,(H,45,46)/t23?,25-,26+,27?/m0/s1. The molecule has 2 saturated heterocycles. The van der Waals surface area contributed by atoms with Gasteiger partial charge >= 0.3 is 24.5 Å². The number of hydrogen-bond acceptors (Lipinski definition) is 3. The molecule has 2 aliphatic rings. The van der Waals surface area contributed by atoms with Crippen LogP contribution in [0.4, 0.5) is 46.0 Å². The van der Waals surface area contributed by atoms with Gasteiger partial charge in [-0.2, -0.15) is 26.3 Å². The van der Waals surface area contributed by atoms with E-state index in [1.54, 1.807) is 12.1 Å². The van der Waals surface area contributed by atoms with E-state index in [-0.39, 0.29) is 29.5 Å². The minimum Gasteiger partial charge on any atom is -0.465 e. The lowest BCUT2D eigenvalue weighted by Gasteiger charge is -2.50. The zero-order chi connectivity index (χ0) is 34.4. The topological polar surface area (TPSA) is 67.3 Å². The van der Waals surface area contributed by atoms with Gasteiger partial charge in [0.1, 0.15) is 5.82 Å². The zero-order valence-corrected chi connectivity index (χ0v) is 26.3. The van der Waals surface area contributed by atoms with Gasteiger partial charge in [0.2, 0.25) is 0 Å². The molecule has 2 heterocycles. The molecule has 46 heavy (non-hydrogen) atoms. The second-order valence-electron chi connectivity index (χ2n) is 13.3. The van der Waals surface area contributed by atoms with E-state index in [2.05, 4.69) is 4.90 Å². The van der Waals surface area contributed by atoms with Crippen LogP contribution < -0.4 is 4.90 Å². The first-order chi connectivity index (χ1) is 21.2. The third kappa shape index (κ3) is 7.69. The average molecular weight is 661 g/mol. The number of likely N-dealkylation sites (tertiary alicyclic amines) is 2. The molecule has 2 fully saturated rings. The Morgan fingerprint density at radius 1 is 0.870 bits per heavy atom. The highest BCUT2D eigenvalue weighted by molar-refractivity contribution is 5.92. The second-order valence-corrected chi connectivity index (χ2v) is 13.3.